The number of methoxy groups -OCH3 is 1. The number of nitrogens with zero attached hydrogens (tertiary/aromatic N) is 3. The number of anilines is 1. The van der Waals surface area contributed by atoms with Gasteiger partial charge in [-0.1, -0.05) is 24.3 Å². The second kappa shape index (κ2) is 9.69. The van der Waals surface area contributed by atoms with Gasteiger partial charge < -0.3 is 14.2 Å². The van der Waals surface area contributed by atoms with Crippen LogP contribution in [0.4, 0.5) is 10.1 Å². The van der Waals surface area contributed by atoms with Gasteiger partial charge in [-0.15, -0.1) is 0 Å². The number of hydrogen-bond acceptors (Lipinski definition) is 4. The first-order valence-electron chi connectivity index (χ1n) is 11.6. The van der Waals surface area contributed by atoms with Crippen LogP contribution in [0.2, 0.25) is 0 Å². The summed E-state index contributed by atoms with van der Waals surface area (Å²) in [6.07, 6.45) is 2.36. The maximum atomic E-state index is 13.4. The summed E-state index contributed by atoms with van der Waals surface area (Å²) in [7, 11) is 1.69. The zero-order valence-electron chi connectivity index (χ0n) is 19.3. The molecular formula is C28H28FN3O2. The Kier molecular flexibility index (Phi) is 6.32. The maximum Gasteiger partial charge on any atom is 0.166 e. The largest absolute Gasteiger partial charge is 0.497 e. The van der Waals surface area contributed by atoms with E-state index in [2.05, 4.69) is 21.9 Å². The summed E-state index contributed by atoms with van der Waals surface area (Å²) in [5, 5.41) is 0.930. The van der Waals surface area contributed by atoms with E-state index >= 15 is 0 Å². The number of benzene rings is 3. The van der Waals surface area contributed by atoms with Crippen molar-refractivity contribution in [2.45, 2.75) is 6.42 Å². The van der Waals surface area contributed by atoms with Crippen molar-refractivity contribution in [3.05, 3.63) is 90.4 Å². The molecule has 4 aromatic rings. The predicted octanol–water partition coefficient (Wildman–Crippen LogP) is 5.17. The third kappa shape index (κ3) is 4.54. The molecule has 1 aliphatic rings. The zero-order chi connectivity index (χ0) is 23.5. The number of rotatable bonds is 7. The number of carbonyl (C=O) groups excluding carboxylic acids is 1. The molecule has 0 aliphatic carbocycles. The first kappa shape index (κ1) is 22.2. The SMILES string of the molecule is COc1cccc(N2CCN(CCC(=O)c3cn(-c4ccc(F)cc4)c4ccccc34)CC2)c1. The fourth-order valence-electron chi connectivity index (χ4n) is 4.65. The van der Waals surface area contributed by atoms with Gasteiger partial charge in [-0.3, -0.25) is 9.69 Å². The molecule has 5 nitrogen and oxygen atoms in total. The molecule has 0 bridgehead atoms. The van der Waals surface area contributed by atoms with E-state index in [-0.39, 0.29) is 11.6 Å². The molecule has 0 radical (unpaired) electrons. The molecule has 1 saturated heterocycles. The summed E-state index contributed by atoms with van der Waals surface area (Å²) in [6.45, 7) is 4.42. The number of ketones is 1. The van der Waals surface area contributed by atoms with Crippen molar-refractivity contribution >= 4 is 22.4 Å². The van der Waals surface area contributed by atoms with Gasteiger partial charge in [0.15, 0.2) is 5.78 Å². The van der Waals surface area contributed by atoms with Crippen LogP contribution in [0.25, 0.3) is 16.6 Å². The van der Waals surface area contributed by atoms with Gasteiger partial charge in [0.05, 0.1) is 12.6 Å². The normalized spacial score (nSPS) is 14.5. The van der Waals surface area contributed by atoms with Gasteiger partial charge in [-0.2, -0.15) is 0 Å². The lowest BCUT2D eigenvalue weighted by molar-refractivity contribution is 0.0964. The third-order valence-electron chi connectivity index (χ3n) is 6.56. The molecule has 3 aromatic carbocycles. The molecule has 34 heavy (non-hydrogen) atoms. The Bertz CT molecular complexity index is 1290. The number of ether oxygens (including phenoxy) is 1. The topological polar surface area (TPSA) is 37.7 Å². The number of para-hydroxylation sites is 1. The molecule has 0 atom stereocenters. The Labute approximate surface area is 199 Å². The summed E-state index contributed by atoms with van der Waals surface area (Å²) in [5.41, 5.74) is 3.67. The van der Waals surface area contributed by atoms with Crippen LogP contribution < -0.4 is 9.64 Å². The van der Waals surface area contributed by atoms with Crippen LogP contribution >= 0.6 is 0 Å². The van der Waals surface area contributed by atoms with E-state index in [0.29, 0.717) is 6.42 Å². The Morgan fingerprint density at radius 1 is 0.912 bits per heavy atom. The van der Waals surface area contributed by atoms with Gasteiger partial charge in [-0.05, 0) is 42.5 Å². The molecule has 2 heterocycles. The molecular weight excluding hydrogens is 429 g/mol. The lowest BCUT2D eigenvalue weighted by atomic mass is 10.1. The van der Waals surface area contributed by atoms with E-state index < -0.39 is 0 Å². The fraction of sp³-hybridized carbons (Fsp3) is 0.250. The van der Waals surface area contributed by atoms with Crippen molar-refractivity contribution in [1.82, 2.24) is 9.47 Å². The third-order valence-corrected chi connectivity index (χ3v) is 6.56. The second-order valence-electron chi connectivity index (χ2n) is 8.61. The number of halogens is 1. The molecule has 0 saturated carbocycles. The summed E-state index contributed by atoms with van der Waals surface area (Å²) in [4.78, 5) is 17.9. The average Bonchev–Trinajstić information content (AvgIpc) is 3.28. The van der Waals surface area contributed by atoms with Crippen molar-refractivity contribution in [3.8, 4) is 11.4 Å². The van der Waals surface area contributed by atoms with E-state index in [9.17, 15) is 9.18 Å². The van der Waals surface area contributed by atoms with Crippen molar-refractivity contribution in [2.24, 2.45) is 0 Å². The van der Waals surface area contributed by atoms with Gasteiger partial charge in [-0.25, -0.2) is 4.39 Å². The smallest absolute Gasteiger partial charge is 0.166 e. The van der Waals surface area contributed by atoms with Crippen molar-refractivity contribution < 1.29 is 13.9 Å². The molecule has 0 spiro atoms. The van der Waals surface area contributed by atoms with Crippen LogP contribution in [0.1, 0.15) is 16.8 Å². The molecule has 1 fully saturated rings. The van der Waals surface area contributed by atoms with E-state index in [1.165, 1.54) is 17.8 Å². The lowest BCUT2D eigenvalue weighted by Crippen LogP contribution is -2.46. The Morgan fingerprint density at radius 2 is 1.68 bits per heavy atom. The van der Waals surface area contributed by atoms with Crippen LogP contribution in [-0.4, -0.2) is 55.1 Å². The van der Waals surface area contributed by atoms with Crippen LogP contribution in [0, 0.1) is 5.82 Å². The number of piperazine rings is 1. The molecule has 1 aliphatic heterocycles. The molecule has 0 amide bonds. The zero-order valence-corrected chi connectivity index (χ0v) is 19.3. The summed E-state index contributed by atoms with van der Waals surface area (Å²) < 4.78 is 20.7. The number of fused-ring (bicyclic) bond motifs is 1. The highest BCUT2D eigenvalue weighted by Gasteiger charge is 2.20. The number of Topliss-reactive ketones (excluding diaryl/α,β-unsaturated/α-hetero) is 1. The standard InChI is InChI=1S/C28H28FN3O2/c1-34-24-6-4-5-23(19-24)31-17-15-30(16-18-31)14-13-28(33)26-20-32(22-11-9-21(29)10-12-22)27-8-3-2-7-25(26)27/h2-12,19-20H,13-18H2,1H3. The van der Waals surface area contributed by atoms with Gasteiger partial charge in [0.2, 0.25) is 0 Å². The van der Waals surface area contributed by atoms with E-state index in [1.54, 1.807) is 19.2 Å². The van der Waals surface area contributed by atoms with Gasteiger partial charge in [0, 0.05) is 73.7 Å². The minimum atomic E-state index is -0.275. The van der Waals surface area contributed by atoms with Gasteiger partial charge >= 0.3 is 0 Å². The monoisotopic (exact) mass is 457 g/mol. The summed E-state index contributed by atoms with van der Waals surface area (Å²) in [6, 6.07) is 22.4. The van der Waals surface area contributed by atoms with Gasteiger partial charge in [0.1, 0.15) is 11.6 Å². The number of aromatic nitrogens is 1. The predicted molar refractivity (Wildman–Crippen MR) is 134 cm³/mol. The van der Waals surface area contributed by atoms with Crippen molar-refractivity contribution in [3.63, 3.8) is 0 Å². The van der Waals surface area contributed by atoms with Crippen LogP contribution in [0.15, 0.2) is 79.0 Å². The van der Waals surface area contributed by atoms with E-state index in [0.717, 1.165) is 60.6 Å². The molecule has 0 N–H and O–H groups in total. The van der Waals surface area contributed by atoms with E-state index in [1.807, 2.05) is 47.2 Å². The van der Waals surface area contributed by atoms with Crippen LogP contribution in [0.3, 0.4) is 0 Å². The van der Waals surface area contributed by atoms with Crippen molar-refractivity contribution in [2.75, 3.05) is 44.7 Å². The fourth-order valence-corrected chi connectivity index (χ4v) is 4.65. The molecule has 0 unspecified atom stereocenters. The van der Waals surface area contributed by atoms with Crippen molar-refractivity contribution in [1.29, 1.82) is 0 Å². The van der Waals surface area contributed by atoms with Crippen LogP contribution in [0.5, 0.6) is 5.75 Å². The Hall–Kier alpha value is -3.64. The highest BCUT2D eigenvalue weighted by molar-refractivity contribution is 6.08. The van der Waals surface area contributed by atoms with E-state index in [4.69, 9.17) is 4.74 Å². The maximum absolute atomic E-state index is 13.4. The first-order valence-corrected chi connectivity index (χ1v) is 11.6. The minimum absolute atomic E-state index is 0.132. The first-order chi connectivity index (χ1) is 16.6. The Balaban J connectivity index is 1.25. The van der Waals surface area contributed by atoms with Crippen LogP contribution in [-0.2, 0) is 0 Å². The highest BCUT2D eigenvalue weighted by Crippen LogP contribution is 2.27. The number of carbonyl (C=O) groups is 1. The highest BCUT2D eigenvalue weighted by atomic mass is 19.1. The lowest BCUT2D eigenvalue weighted by Gasteiger charge is -2.36. The molecule has 6 heteroatoms. The second-order valence-corrected chi connectivity index (χ2v) is 8.61. The minimum Gasteiger partial charge on any atom is -0.497 e. The van der Waals surface area contributed by atoms with Gasteiger partial charge in [0.25, 0.3) is 0 Å². The number of hydrogen-bond donors (Lipinski definition) is 0. The molecule has 5 rings (SSSR count). The Morgan fingerprint density at radius 3 is 2.44 bits per heavy atom. The molecule has 1 aromatic heterocycles. The quantitative estimate of drug-likeness (QED) is 0.359. The summed E-state index contributed by atoms with van der Waals surface area (Å²) in [5.74, 6) is 0.723. The summed E-state index contributed by atoms with van der Waals surface area (Å²) >= 11 is 0. The molecule has 174 valence electrons. The average molecular weight is 458 g/mol.